The lowest BCUT2D eigenvalue weighted by molar-refractivity contribution is -0.150. The second-order valence-electron chi connectivity index (χ2n) is 12.3. The molecule has 2 amide bonds. The van der Waals surface area contributed by atoms with E-state index in [0.29, 0.717) is 10.6 Å². The SMILES string of the molecule is CC(C)C[C@@]1(C(=O)O)C[C@H](C(=O)NS(=O)(=O)Cc2ccccc2)[C@H](c2nccs2)N1C(=O)c1ccc(C(C)(C)C)cc1. The first-order chi connectivity index (χ1) is 19.6. The Hall–Kier alpha value is -3.57. The molecule has 4 rings (SSSR count). The quantitative estimate of drug-likeness (QED) is 0.341. The molecular formula is C31H37N3O6S2. The van der Waals surface area contributed by atoms with Crippen molar-refractivity contribution in [1.29, 1.82) is 0 Å². The van der Waals surface area contributed by atoms with Gasteiger partial charge >= 0.3 is 5.97 Å². The number of carboxylic acid groups (broad SMARTS) is 1. The van der Waals surface area contributed by atoms with Crippen LogP contribution in [0.4, 0.5) is 0 Å². The summed E-state index contributed by atoms with van der Waals surface area (Å²) >= 11 is 1.19. The number of amides is 2. The Morgan fingerprint density at radius 3 is 2.26 bits per heavy atom. The third-order valence-corrected chi connectivity index (χ3v) is 9.61. The number of hydrogen-bond donors (Lipinski definition) is 2. The Labute approximate surface area is 251 Å². The van der Waals surface area contributed by atoms with Gasteiger partial charge < -0.3 is 10.0 Å². The number of sulfonamides is 1. The molecule has 3 aromatic rings. The predicted molar refractivity (Wildman–Crippen MR) is 161 cm³/mol. The molecule has 1 aliphatic heterocycles. The summed E-state index contributed by atoms with van der Waals surface area (Å²) in [6.07, 6.45) is 1.32. The minimum atomic E-state index is -4.12. The smallest absolute Gasteiger partial charge is 0.329 e. The van der Waals surface area contributed by atoms with Crippen LogP contribution in [0, 0.1) is 11.8 Å². The molecule has 9 nitrogen and oxygen atoms in total. The van der Waals surface area contributed by atoms with Gasteiger partial charge in [0.05, 0.1) is 17.7 Å². The topological polar surface area (TPSA) is 134 Å². The zero-order valence-electron chi connectivity index (χ0n) is 24.4. The van der Waals surface area contributed by atoms with Gasteiger partial charge in [0.25, 0.3) is 5.91 Å². The number of carboxylic acids is 1. The van der Waals surface area contributed by atoms with E-state index in [0.717, 1.165) is 5.56 Å². The number of carbonyl (C=O) groups is 3. The largest absolute Gasteiger partial charge is 0.479 e. The second kappa shape index (κ2) is 12.0. The van der Waals surface area contributed by atoms with Crippen molar-refractivity contribution in [2.24, 2.45) is 11.8 Å². The minimum Gasteiger partial charge on any atom is -0.479 e. The van der Waals surface area contributed by atoms with Gasteiger partial charge in [-0.25, -0.2) is 18.2 Å². The first kappa shape index (κ1) is 31.4. The highest BCUT2D eigenvalue weighted by Crippen LogP contribution is 2.51. The van der Waals surface area contributed by atoms with Crippen molar-refractivity contribution in [3.05, 3.63) is 87.9 Å². The molecule has 11 heteroatoms. The van der Waals surface area contributed by atoms with Crippen LogP contribution in [-0.4, -0.2) is 46.7 Å². The van der Waals surface area contributed by atoms with E-state index in [1.165, 1.54) is 22.4 Å². The Kier molecular flexibility index (Phi) is 8.94. The Balaban J connectivity index is 1.79. The van der Waals surface area contributed by atoms with Crippen LogP contribution < -0.4 is 4.72 Å². The van der Waals surface area contributed by atoms with Crippen molar-refractivity contribution in [1.82, 2.24) is 14.6 Å². The van der Waals surface area contributed by atoms with Crippen molar-refractivity contribution >= 4 is 39.1 Å². The zero-order valence-corrected chi connectivity index (χ0v) is 26.0. The molecule has 0 aliphatic carbocycles. The van der Waals surface area contributed by atoms with E-state index in [9.17, 15) is 27.9 Å². The number of rotatable bonds is 9. The van der Waals surface area contributed by atoms with E-state index >= 15 is 0 Å². The van der Waals surface area contributed by atoms with Gasteiger partial charge in [0, 0.05) is 17.1 Å². The van der Waals surface area contributed by atoms with Crippen LogP contribution in [0.2, 0.25) is 0 Å². The van der Waals surface area contributed by atoms with E-state index in [1.807, 2.05) is 26.0 Å². The normalized spacial score (nSPS) is 21.0. The Bertz CT molecular complexity index is 1530. The van der Waals surface area contributed by atoms with Gasteiger partial charge in [-0.15, -0.1) is 11.3 Å². The van der Waals surface area contributed by atoms with Gasteiger partial charge in [0.2, 0.25) is 15.9 Å². The summed E-state index contributed by atoms with van der Waals surface area (Å²) in [6.45, 7) is 9.85. The number of carbonyl (C=O) groups excluding carboxylic acids is 2. The fraction of sp³-hybridized carbons (Fsp3) is 0.419. The summed E-state index contributed by atoms with van der Waals surface area (Å²) in [7, 11) is -4.12. The summed E-state index contributed by atoms with van der Waals surface area (Å²) < 4.78 is 28.3. The minimum absolute atomic E-state index is 0.0660. The molecule has 0 saturated carbocycles. The number of nitrogens with one attached hydrogen (secondary N) is 1. The average molecular weight is 612 g/mol. The third kappa shape index (κ3) is 6.57. The number of benzene rings is 2. The number of hydrogen-bond acceptors (Lipinski definition) is 7. The summed E-state index contributed by atoms with van der Waals surface area (Å²) in [6, 6.07) is 14.4. The maximum atomic E-state index is 14.3. The lowest BCUT2D eigenvalue weighted by Gasteiger charge is -2.38. The van der Waals surface area contributed by atoms with Gasteiger partial charge in [-0.3, -0.25) is 14.3 Å². The highest BCUT2D eigenvalue weighted by atomic mass is 32.2. The van der Waals surface area contributed by atoms with Crippen LogP contribution in [-0.2, 0) is 30.8 Å². The van der Waals surface area contributed by atoms with Crippen molar-refractivity contribution < 1.29 is 27.9 Å². The fourth-order valence-electron chi connectivity index (χ4n) is 5.69. The molecule has 1 saturated heterocycles. The summed E-state index contributed by atoms with van der Waals surface area (Å²) in [5, 5.41) is 12.8. The zero-order chi connectivity index (χ0) is 30.9. The molecule has 0 radical (unpaired) electrons. The maximum absolute atomic E-state index is 14.3. The molecule has 0 unspecified atom stereocenters. The summed E-state index contributed by atoms with van der Waals surface area (Å²) in [5.41, 5.74) is -0.150. The van der Waals surface area contributed by atoms with Crippen LogP contribution in [0.5, 0.6) is 0 Å². The van der Waals surface area contributed by atoms with Crippen LogP contribution in [0.1, 0.15) is 80.0 Å². The van der Waals surface area contributed by atoms with Crippen LogP contribution >= 0.6 is 11.3 Å². The Morgan fingerprint density at radius 1 is 1.10 bits per heavy atom. The molecule has 0 bridgehead atoms. The van der Waals surface area contributed by atoms with Crippen molar-refractivity contribution in [2.45, 2.75) is 70.2 Å². The second-order valence-corrected chi connectivity index (χ2v) is 14.9. The van der Waals surface area contributed by atoms with Gasteiger partial charge in [-0.2, -0.15) is 0 Å². The van der Waals surface area contributed by atoms with E-state index in [-0.39, 0.29) is 29.7 Å². The van der Waals surface area contributed by atoms with Gasteiger partial charge in [0.15, 0.2) is 0 Å². The predicted octanol–water partition coefficient (Wildman–Crippen LogP) is 5.16. The number of thiazole rings is 1. The standard InChI is InChI=1S/C31H37N3O6S2/c1-20(2)17-31(29(37)38)18-24(26(35)33-42(39,40)19-21-9-7-6-8-10-21)25(27-32-15-16-41-27)34(31)28(36)22-11-13-23(14-12-22)30(3,4)5/h6-16,20,24-25H,17-19H2,1-5H3,(H,33,35)(H,37,38)/t24-,25+,31-/m0/s1. The maximum Gasteiger partial charge on any atom is 0.329 e. The number of aliphatic carboxylic acids is 1. The van der Waals surface area contributed by atoms with E-state index in [2.05, 4.69) is 30.5 Å². The van der Waals surface area contributed by atoms with Gasteiger partial charge in [-0.1, -0.05) is 77.1 Å². The molecule has 1 aliphatic rings. The van der Waals surface area contributed by atoms with E-state index in [4.69, 9.17) is 0 Å². The molecule has 2 aromatic carbocycles. The van der Waals surface area contributed by atoms with E-state index < -0.39 is 51.1 Å². The molecule has 1 aromatic heterocycles. The average Bonchev–Trinajstić information content (AvgIpc) is 3.54. The number of likely N-dealkylation sites (tertiary alicyclic amines) is 1. The first-order valence-electron chi connectivity index (χ1n) is 13.8. The van der Waals surface area contributed by atoms with Crippen LogP contribution in [0.3, 0.4) is 0 Å². The van der Waals surface area contributed by atoms with Gasteiger partial charge in [-0.05, 0) is 47.4 Å². The van der Waals surface area contributed by atoms with Crippen LogP contribution in [0.25, 0.3) is 0 Å². The molecule has 0 spiro atoms. The highest BCUT2D eigenvalue weighted by Gasteiger charge is 2.61. The lowest BCUT2D eigenvalue weighted by atomic mass is 9.83. The molecule has 2 N–H and O–H groups in total. The monoisotopic (exact) mass is 611 g/mol. The number of nitrogens with zero attached hydrogens (tertiary/aromatic N) is 2. The molecular weight excluding hydrogens is 574 g/mol. The summed E-state index contributed by atoms with van der Waals surface area (Å²) in [5.74, 6) is -4.41. The van der Waals surface area contributed by atoms with Crippen molar-refractivity contribution in [3.63, 3.8) is 0 Å². The fourth-order valence-corrected chi connectivity index (χ4v) is 7.64. The third-order valence-electron chi connectivity index (χ3n) is 7.54. The number of aromatic nitrogens is 1. The lowest BCUT2D eigenvalue weighted by Crippen LogP contribution is -2.54. The van der Waals surface area contributed by atoms with Gasteiger partial charge in [0.1, 0.15) is 10.5 Å². The molecule has 224 valence electrons. The molecule has 1 fully saturated rings. The Morgan fingerprint density at radius 2 is 1.74 bits per heavy atom. The molecule has 3 atom stereocenters. The summed E-state index contributed by atoms with van der Waals surface area (Å²) in [4.78, 5) is 46.9. The van der Waals surface area contributed by atoms with Crippen molar-refractivity contribution in [2.75, 3.05) is 0 Å². The van der Waals surface area contributed by atoms with Crippen LogP contribution in [0.15, 0.2) is 66.2 Å². The highest BCUT2D eigenvalue weighted by molar-refractivity contribution is 7.89. The molecule has 2 heterocycles. The van der Waals surface area contributed by atoms with E-state index in [1.54, 1.807) is 47.8 Å². The van der Waals surface area contributed by atoms with Crippen molar-refractivity contribution in [3.8, 4) is 0 Å². The first-order valence-corrected chi connectivity index (χ1v) is 16.3. The molecule has 42 heavy (non-hydrogen) atoms.